The van der Waals surface area contributed by atoms with Crippen LogP contribution in [0.5, 0.6) is 0 Å². The normalized spacial score (nSPS) is 16.4. The van der Waals surface area contributed by atoms with Gasteiger partial charge in [0.2, 0.25) is 11.8 Å². The van der Waals surface area contributed by atoms with Crippen molar-refractivity contribution in [2.75, 3.05) is 23.9 Å². The third-order valence-corrected chi connectivity index (χ3v) is 8.65. The number of benzene rings is 1. The van der Waals surface area contributed by atoms with Gasteiger partial charge in [-0.1, -0.05) is 49.9 Å². The summed E-state index contributed by atoms with van der Waals surface area (Å²) in [7, 11) is 3.44. The zero-order valence-corrected chi connectivity index (χ0v) is 22.5. The van der Waals surface area contributed by atoms with Gasteiger partial charge in [-0.05, 0) is 36.0 Å². The molecule has 3 heterocycles. The highest BCUT2D eigenvalue weighted by Gasteiger charge is 2.31. The highest BCUT2D eigenvalue weighted by Crippen LogP contribution is 2.37. The molecule has 1 atom stereocenters. The van der Waals surface area contributed by atoms with Crippen molar-refractivity contribution < 1.29 is 19.5 Å². The van der Waals surface area contributed by atoms with Gasteiger partial charge in [-0.2, -0.15) is 0 Å². The summed E-state index contributed by atoms with van der Waals surface area (Å²) in [4.78, 5) is 49.5. The predicted molar refractivity (Wildman–Crippen MR) is 148 cm³/mol. The number of hydrogen-bond acceptors (Lipinski definition) is 6. The average molecular weight is 533 g/mol. The molecule has 198 valence electrons. The van der Waals surface area contributed by atoms with Crippen LogP contribution in [0.4, 0.5) is 10.9 Å². The molecule has 2 aromatic heterocycles. The Kier molecular flexibility index (Phi) is 7.56. The van der Waals surface area contributed by atoms with Crippen molar-refractivity contribution in [3.05, 3.63) is 47.5 Å². The minimum atomic E-state index is -0.947. The molecule has 0 bridgehead atoms. The van der Waals surface area contributed by atoms with Crippen molar-refractivity contribution in [2.45, 2.75) is 51.4 Å². The second-order valence-corrected chi connectivity index (χ2v) is 11.1. The number of aryl methyl sites for hydroxylation is 1. The van der Waals surface area contributed by atoms with Gasteiger partial charge in [0.15, 0.2) is 5.13 Å². The Morgan fingerprint density at radius 3 is 2.66 bits per heavy atom. The summed E-state index contributed by atoms with van der Waals surface area (Å²) >= 11 is 1.37. The van der Waals surface area contributed by atoms with E-state index < -0.39 is 11.9 Å². The minimum absolute atomic E-state index is 0.0701. The number of pyridine rings is 1. The fourth-order valence-electron chi connectivity index (χ4n) is 5.66. The average Bonchev–Trinajstić information content (AvgIpc) is 3.62. The fourth-order valence-corrected chi connectivity index (χ4v) is 6.46. The molecule has 0 spiro atoms. The van der Waals surface area contributed by atoms with Crippen molar-refractivity contribution >= 4 is 40.1 Å². The number of thiazole rings is 1. The number of aromatic nitrogens is 2. The first-order valence-electron chi connectivity index (χ1n) is 13.1. The number of carboxylic acid groups (broad SMARTS) is 1. The fraction of sp³-hybridized carbons (Fsp3) is 0.414. The summed E-state index contributed by atoms with van der Waals surface area (Å²) in [5.41, 5.74) is 4.62. The first-order valence-corrected chi connectivity index (χ1v) is 14.0. The number of carbonyl (C=O) groups is 3. The molecule has 38 heavy (non-hydrogen) atoms. The van der Waals surface area contributed by atoms with Crippen LogP contribution in [-0.2, 0) is 20.8 Å². The highest BCUT2D eigenvalue weighted by molar-refractivity contribution is 7.14. The van der Waals surface area contributed by atoms with Crippen LogP contribution in [0, 0.1) is 11.8 Å². The Bertz CT molecular complexity index is 1360. The first-order chi connectivity index (χ1) is 18.3. The van der Waals surface area contributed by atoms with E-state index >= 15 is 0 Å². The van der Waals surface area contributed by atoms with E-state index in [1.807, 2.05) is 29.6 Å². The van der Waals surface area contributed by atoms with E-state index in [1.165, 1.54) is 16.2 Å². The smallest absolute Gasteiger partial charge is 0.304 e. The van der Waals surface area contributed by atoms with Gasteiger partial charge in [0.1, 0.15) is 5.82 Å². The first kappa shape index (κ1) is 26.0. The van der Waals surface area contributed by atoms with Crippen LogP contribution in [0.15, 0.2) is 41.9 Å². The van der Waals surface area contributed by atoms with E-state index in [1.54, 1.807) is 25.2 Å². The monoisotopic (exact) mass is 532 g/mol. The molecule has 1 N–H and O–H groups in total. The molecule has 1 aliphatic heterocycles. The van der Waals surface area contributed by atoms with Crippen LogP contribution >= 0.6 is 11.3 Å². The number of nitrogens with zero attached hydrogens (tertiary/aromatic N) is 4. The standard InChI is InChI=1S/C29H32N4O4S/c1-32-25(34)12-11-19-14-21(16-30-27(19)32)22-9-5-6-10-23(22)24-17-38-29(31-24)33(2)28(37)20(15-26(35)36)13-18-7-3-4-8-18/h5-6,9-10,14,16-18,20H,3-4,7-8,11-13,15H2,1-2H3,(H,35,36)/t20-/m1/s1. The summed E-state index contributed by atoms with van der Waals surface area (Å²) in [6.07, 6.45) is 7.80. The van der Waals surface area contributed by atoms with Gasteiger partial charge in [0.25, 0.3) is 0 Å². The number of fused-ring (bicyclic) bond motifs is 1. The lowest BCUT2D eigenvalue weighted by atomic mass is 9.90. The molecule has 5 rings (SSSR count). The van der Waals surface area contributed by atoms with Crippen molar-refractivity contribution in [1.82, 2.24) is 9.97 Å². The number of carbonyl (C=O) groups excluding carboxylic acids is 2. The molecule has 8 nitrogen and oxygen atoms in total. The van der Waals surface area contributed by atoms with Crippen LogP contribution in [0.2, 0.25) is 0 Å². The van der Waals surface area contributed by atoms with Crippen LogP contribution in [0.3, 0.4) is 0 Å². The third kappa shape index (κ3) is 5.34. The second kappa shape index (κ2) is 11.0. The van der Waals surface area contributed by atoms with E-state index in [0.29, 0.717) is 36.1 Å². The molecule has 1 saturated carbocycles. The molecule has 0 radical (unpaired) electrons. The van der Waals surface area contributed by atoms with Crippen molar-refractivity contribution in [1.29, 1.82) is 0 Å². The van der Waals surface area contributed by atoms with Crippen molar-refractivity contribution in [3.8, 4) is 22.4 Å². The lowest BCUT2D eigenvalue weighted by Gasteiger charge is -2.25. The third-order valence-electron chi connectivity index (χ3n) is 7.73. The molecule has 1 aromatic carbocycles. The molecule has 2 aliphatic rings. The van der Waals surface area contributed by atoms with Gasteiger partial charge in [-0.25, -0.2) is 9.97 Å². The predicted octanol–water partition coefficient (Wildman–Crippen LogP) is 5.42. The lowest BCUT2D eigenvalue weighted by Crippen LogP contribution is -2.35. The zero-order valence-electron chi connectivity index (χ0n) is 21.7. The highest BCUT2D eigenvalue weighted by atomic mass is 32.1. The maximum Gasteiger partial charge on any atom is 0.304 e. The van der Waals surface area contributed by atoms with E-state index in [2.05, 4.69) is 11.1 Å². The SMILES string of the molecule is CN(C(=O)[C@@H](CC(=O)O)CC1CCCC1)c1nc(-c2ccccc2-c2cnc3c(c2)CCC(=O)N3C)cs1. The number of carboxylic acids is 1. The topological polar surface area (TPSA) is 104 Å². The van der Waals surface area contributed by atoms with Crippen LogP contribution < -0.4 is 9.80 Å². The number of hydrogen-bond donors (Lipinski definition) is 1. The van der Waals surface area contributed by atoms with Crippen molar-refractivity contribution in [3.63, 3.8) is 0 Å². The molecule has 1 fully saturated rings. The Labute approximate surface area is 226 Å². The number of aliphatic carboxylic acids is 1. The Morgan fingerprint density at radius 1 is 1.18 bits per heavy atom. The largest absolute Gasteiger partial charge is 0.481 e. The quantitative estimate of drug-likeness (QED) is 0.416. The molecular weight excluding hydrogens is 500 g/mol. The molecule has 3 aromatic rings. The van der Waals surface area contributed by atoms with Crippen LogP contribution in [-0.4, -0.2) is 47.0 Å². The van der Waals surface area contributed by atoms with Gasteiger partial charge in [-0.15, -0.1) is 11.3 Å². The van der Waals surface area contributed by atoms with Gasteiger partial charge in [0.05, 0.1) is 12.1 Å². The van der Waals surface area contributed by atoms with Gasteiger partial charge in [0, 0.05) is 49.1 Å². The number of anilines is 2. The Hall–Kier alpha value is -3.59. The lowest BCUT2D eigenvalue weighted by molar-refractivity contribution is -0.140. The van der Waals surface area contributed by atoms with E-state index in [9.17, 15) is 19.5 Å². The maximum atomic E-state index is 13.4. The summed E-state index contributed by atoms with van der Waals surface area (Å²) in [5.74, 6) is -0.498. The van der Waals surface area contributed by atoms with Crippen molar-refractivity contribution in [2.24, 2.45) is 11.8 Å². The summed E-state index contributed by atoms with van der Waals surface area (Å²) < 4.78 is 0. The van der Waals surface area contributed by atoms with E-state index in [4.69, 9.17) is 4.98 Å². The number of amides is 2. The molecule has 0 unspecified atom stereocenters. The van der Waals surface area contributed by atoms with E-state index in [0.717, 1.165) is 53.6 Å². The minimum Gasteiger partial charge on any atom is -0.481 e. The molecule has 0 saturated heterocycles. The Morgan fingerprint density at radius 2 is 1.92 bits per heavy atom. The van der Waals surface area contributed by atoms with Gasteiger partial charge in [-0.3, -0.25) is 24.2 Å². The molecule has 9 heteroatoms. The Balaban J connectivity index is 1.40. The number of rotatable bonds is 8. The van der Waals surface area contributed by atoms with Crippen LogP contribution in [0.25, 0.3) is 22.4 Å². The maximum absolute atomic E-state index is 13.4. The molecule has 2 amide bonds. The molecule has 1 aliphatic carbocycles. The summed E-state index contributed by atoms with van der Waals surface area (Å²) in [6, 6.07) is 10.0. The second-order valence-electron chi connectivity index (χ2n) is 10.3. The van der Waals surface area contributed by atoms with E-state index in [-0.39, 0.29) is 18.2 Å². The zero-order chi connectivity index (χ0) is 26.8. The van der Waals surface area contributed by atoms with Crippen LogP contribution in [0.1, 0.15) is 50.5 Å². The van der Waals surface area contributed by atoms with Gasteiger partial charge < -0.3 is 5.11 Å². The summed E-state index contributed by atoms with van der Waals surface area (Å²) in [5, 5.41) is 11.9. The summed E-state index contributed by atoms with van der Waals surface area (Å²) in [6.45, 7) is 0. The van der Waals surface area contributed by atoms with Gasteiger partial charge >= 0.3 is 5.97 Å². The molecular formula is C29H32N4O4S.